The lowest BCUT2D eigenvalue weighted by Crippen LogP contribution is -2.13. The van der Waals surface area contributed by atoms with Crippen LogP contribution < -0.4 is 14.8 Å². The molecular weight excluding hydrogens is 596 g/mol. The predicted molar refractivity (Wildman–Crippen MR) is 182 cm³/mol. The molecule has 0 aliphatic rings. The van der Waals surface area contributed by atoms with Gasteiger partial charge < -0.3 is 10.1 Å². The number of aromatic nitrogens is 2. The molecule has 0 unspecified atom stereocenters. The van der Waals surface area contributed by atoms with E-state index in [-0.39, 0.29) is 10.8 Å². The van der Waals surface area contributed by atoms with E-state index in [2.05, 4.69) is 23.0 Å². The first-order valence-corrected chi connectivity index (χ1v) is 16.2. The largest absolute Gasteiger partial charge is 0.489 e. The van der Waals surface area contributed by atoms with Crippen LogP contribution in [-0.2, 0) is 21.4 Å². The van der Waals surface area contributed by atoms with Gasteiger partial charge in [-0.2, -0.15) is 5.10 Å². The van der Waals surface area contributed by atoms with Gasteiger partial charge in [0.25, 0.3) is 10.0 Å². The molecule has 8 nitrogen and oxygen atoms in total. The zero-order chi connectivity index (χ0) is 32.1. The van der Waals surface area contributed by atoms with Crippen molar-refractivity contribution < 1.29 is 17.9 Å². The number of amides is 1. The molecule has 9 heteroatoms. The average molecular weight is 629 g/mol. The predicted octanol–water partition coefficient (Wildman–Crippen LogP) is 7.85. The van der Waals surface area contributed by atoms with Crippen LogP contribution in [0.4, 0.5) is 11.4 Å². The minimum atomic E-state index is -3.83. The number of anilines is 2. The third-order valence-corrected chi connectivity index (χ3v) is 8.77. The minimum Gasteiger partial charge on any atom is -0.489 e. The van der Waals surface area contributed by atoms with Crippen LogP contribution in [0.1, 0.15) is 18.1 Å². The highest BCUT2D eigenvalue weighted by Crippen LogP contribution is 2.32. The Hall–Kier alpha value is -5.67. The van der Waals surface area contributed by atoms with E-state index in [9.17, 15) is 13.2 Å². The molecule has 0 saturated carbocycles. The van der Waals surface area contributed by atoms with Gasteiger partial charge in [-0.15, -0.1) is 0 Å². The first kappa shape index (κ1) is 30.4. The molecule has 2 N–H and O–H groups in total. The zero-order valence-corrected chi connectivity index (χ0v) is 26.2. The summed E-state index contributed by atoms with van der Waals surface area (Å²) in [6.07, 6.45) is 0. The molecule has 1 amide bonds. The van der Waals surface area contributed by atoms with Gasteiger partial charge >= 0.3 is 0 Å². The standard InChI is InChI=1S/C37H32N4O4S/c1-26-8-6-7-11-36(26)41-37(30-14-20-33(21-15-30)45-25-28-9-4-3-5-10-28)24-35(39-41)29-12-16-32(17-13-29)40-46(43,44)34-22-18-31(19-23-34)38-27(2)42/h3-24,40H,25H2,1-2H3,(H,38,42). The average Bonchev–Trinajstić information content (AvgIpc) is 3.50. The molecule has 0 saturated heterocycles. The number of benzene rings is 5. The minimum absolute atomic E-state index is 0.0868. The van der Waals surface area contributed by atoms with Crippen molar-refractivity contribution in [1.82, 2.24) is 9.78 Å². The Labute approximate surface area is 268 Å². The van der Waals surface area contributed by atoms with Gasteiger partial charge in [0.05, 0.1) is 22.0 Å². The summed E-state index contributed by atoms with van der Waals surface area (Å²) >= 11 is 0. The highest BCUT2D eigenvalue weighted by Gasteiger charge is 2.17. The fraction of sp³-hybridized carbons (Fsp3) is 0.0811. The summed E-state index contributed by atoms with van der Waals surface area (Å²) in [6, 6.07) is 41.2. The van der Waals surface area contributed by atoms with Gasteiger partial charge in [-0.3, -0.25) is 9.52 Å². The number of nitrogens with zero attached hydrogens (tertiary/aromatic N) is 2. The van der Waals surface area contributed by atoms with Crippen LogP contribution in [0.25, 0.3) is 28.2 Å². The van der Waals surface area contributed by atoms with Gasteiger partial charge in [0.1, 0.15) is 12.4 Å². The van der Waals surface area contributed by atoms with Crippen LogP contribution in [0.3, 0.4) is 0 Å². The number of para-hydroxylation sites is 1. The Morgan fingerprint density at radius 1 is 0.761 bits per heavy atom. The van der Waals surface area contributed by atoms with E-state index in [0.29, 0.717) is 18.0 Å². The lowest BCUT2D eigenvalue weighted by molar-refractivity contribution is -0.114. The Kier molecular flexibility index (Phi) is 8.67. The number of sulfonamides is 1. The first-order valence-electron chi connectivity index (χ1n) is 14.7. The summed E-state index contributed by atoms with van der Waals surface area (Å²) in [4.78, 5) is 11.4. The molecule has 0 aliphatic carbocycles. The number of nitrogens with one attached hydrogen (secondary N) is 2. The Balaban J connectivity index is 1.25. The highest BCUT2D eigenvalue weighted by molar-refractivity contribution is 7.92. The van der Waals surface area contributed by atoms with Crippen LogP contribution in [-0.4, -0.2) is 24.1 Å². The second-order valence-electron chi connectivity index (χ2n) is 10.8. The van der Waals surface area contributed by atoms with Crippen molar-refractivity contribution >= 4 is 27.3 Å². The molecule has 6 aromatic rings. The molecular formula is C37H32N4O4S. The second-order valence-corrected chi connectivity index (χ2v) is 12.5. The number of hydrogen-bond donors (Lipinski definition) is 2. The summed E-state index contributed by atoms with van der Waals surface area (Å²) < 4.78 is 36.6. The molecule has 0 fully saturated rings. The van der Waals surface area contributed by atoms with E-state index in [0.717, 1.165) is 45.1 Å². The monoisotopic (exact) mass is 628 g/mol. The van der Waals surface area contributed by atoms with Gasteiger partial charge in [0.2, 0.25) is 5.91 Å². The Morgan fingerprint density at radius 3 is 2.07 bits per heavy atom. The molecule has 1 aromatic heterocycles. The summed E-state index contributed by atoms with van der Waals surface area (Å²) in [6.45, 7) is 3.93. The molecule has 0 atom stereocenters. The van der Waals surface area contributed by atoms with Crippen molar-refractivity contribution in [2.24, 2.45) is 0 Å². The summed E-state index contributed by atoms with van der Waals surface area (Å²) in [5.74, 6) is 0.545. The molecule has 46 heavy (non-hydrogen) atoms. The number of rotatable bonds is 10. The van der Waals surface area contributed by atoms with E-state index in [1.54, 1.807) is 24.3 Å². The second kappa shape index (κ2) is 13.1. The van der Waals surface area contributed by atoms with Crippen molar-refractivity contribution in [3.8, 4) is 34.0 Å². The molecule has 230 valence electrons. The van der Waals surface area contributed by atoms with Gasteiger partial charge in [-0.25, -0.2) is 13.1 Å². The van der Waals surface area contributed by atoms with Gasteiger partial charge in [-0.1, -0.05) is 60.7 Å². The van der Waals surface area contributed by atoms with Crippen LogP contribution in [0.2, 0.25) is 0 Å². The van der Waals surface area contributed by atoms with Crippen molar-refractivity contribution in [1.29, 1.82) is 0 Å². The van der Waals surface area contributed by atoms with Gasteiger partial charge in [0, 0.05) is 29.4 Å². The first-order chi connectivity index (χ1) is 22.2. The van der Waals surface area contributed by atoms with Crippen molar-refractivity contribution in [3.05, 3.63) is 145 Å². The number of hydrogen-bond acceptors (Lipinski definition) is 5. The van der Waals surface area contributed by atoms with E-state index in [1.807, 2.05) is 95.7 Å². The van der Waals surface area contributed by atoms with Gasteiger partial charge in [-0.05, 0) is 90.8 Å². The van der Waals surface area contributed by atoms with Crippen molar-refractivity contribution in [2.45, 2.75) is 25.3 Å². The van der Waals surface area contributed by atoms with Crippen molar-refractivity contribution in [2.75, 3.05) is 10.0 Å². The van der Waals surface area contributed by atoms with Crippen molar-refractivity contribution in [3.63, 3.8) is 0 Å². The topological polar surface area (TPSA) is 102 Å². The molecule has 5 aromatic carbocycles. The quantitative estimate of drug-likeness (QED) is 0.161. The van der Waals surface area contributed by atoms with E-state index >= 15 is 0 Å². The maximum atomic E-state index is 13.0. The van der Waals surface area contributed by atoms with Crippen LogP contribution in [0.5, 0.6) is 5.75 Å². The lowest BCUT2D eigenvalue weighted by Gasteiger charge is -2.11. The maximum absolute atomic E-state index is 13.0. The molecule has 0 bridgehead atoms. The SMILES string of the molecule is CC(=O)Nc1ccc(S(=O)(=O)Nc2ccc(-c3cc(-c4ccc(OCc5ccccc5)cc4)n(-c4ccccc4C)n3)cc2)cc1. The Morgan fingerprint density at radius 2 is 1.39 bits per heavy atom. The number of aryl methyl sites for hydroxylation is 1. The number of ether oxygens (including phenoxy) is 1. The van der Waals surface area contributed by atoms with E-state index < -0.39 is 10.0 Å². The smallest absolute Gasteiger partial charge is 0.261 e. The molecule has 0 spiro atoms. The third kappa shape index (κ3) is 7.00. The van der Waals surface area contributed by atoms with E-state index in [1.165, 1.54) is 19.1 Å². The molecule has 0 aliphatic heterocycles. The van der Waals surface area contributed by atoms with Crippen LogP contribution in [0, 0.1) is 6.92 Å². The lowest BCUT2D eigenvalue weighted by atomic mass is 10.1. The highest BCUT2D eigenvalue weighted by atomic mass is 32.2. The summed E-state index contributed by atoms with van der Waals surface area (Å²) in [5, 5.41) is 7.61. The maximum Gasteiger partial charge on any atom is 0.261 e. The fourth-order valence-electron chi connectivity index (χ4n) is 5.02. The number of carbonyl (C=O) groups is 1. The fourth-order valence-corrected chi connectivity index (χ4v) is 6.08. The van der Waals surface area contributed by atoms with E-state index in [4.69, 9.17) is 9.84 Å². The normalized spacial score (nSPS) is 11.2. The number of carbonyl (C=O) groups excluding carboxylic acids is 1. The molecule has 6 rings (SSSR count). The van der Waals surface area contributed by atoms with Gasteiger partial charge in [0.15, 0.2) is 0 Å². The third-order valence-electron chi connectivity index (χ3n) is 7.37. The summed E-state index contributed by atoms with van der Waals surface area (Å²) in [7, 11) is -3.83. The zero-order valence-electron chi connectivity index (χ0n) is 25.3. The van der Waals surface area contributed by atoms with Crippen LogP contribution >= 0.6 is 0 Å². The Bertz CT molecular complexity index is 2070. The van der Waals surface area contributed by atoms with Crippen LogP contribution in [0.15, 0.2) is 138 Å². The summed E-state index contributed by atoms with van der Waals surface area (Å²) in [5.41, 5.74) is 7.54. The molecule has 1 heterocycles. The molecule has 0 radical (unpaired) electrons.